The van der Waals surface area contributed by atoms with Gasteiger partial charge in [0.25, 0.3) is 11.5 Å². The summed E-state index contributed by atoms with van der Waals surface area (Å²) in [4.78, 5) is 30.8. The molecule has 0 aromatic carbocycles. The Kier molecular flexibility index (Phi) is 3.84. The first-order valence-electron chi connectivity index (χ1n) is 8.35. The molecular weight excluding hydrogens is 322 g/mol. The van der Waals surface area contributed by atoms with E-state index >= 15 is 0 Å². The molecule has 0 aliphatic heterocycles. The number of thiophene rings is 1. The summed E-state index contributed by atoms with van der Waals surface area (Å²) in [5.41, 5.74) is 0.474. The zero-order valence-electron chi connectivity index (χ0n) is 13.5. The van der Waals surface area contributed by atoms with Crippen molar-refractivity contribution in [2.45, 2.75) is 38.6 Å². The number of nitrogens with zero attached hydrogens (tertiary/aromatic N) is 2. The van der Waals surface area contributed by atoms with E-state index in [4.69, 9.17) is 0 Å². The van der Waals surface area contributed by atoms with E-state index in [0.717, 1.165) is 19.3 Å². The molecule has 0 unspecified atom stereocenters. The molecule has 6 heteroatoms. The summed E-state index contributed by atoms with van der Waals surface area (Å²) in [6.45, 7) is 2.19. The maximum atomic E-state index is 12.6. The van der Waals surface area contributed by atoms with Gasteiger partial charge in [0.2, 0.25) is 0 Å². The molecule has 5 nitrogen and oxygen atoms in total. The van der Waals surface area contributed by atoms with Gasteiger partial charge < -0.3 is 5.32 Å². The van der Waals surface area contributed by atoms with E-state index < -0.39 is 0 Å². The smallest absolute Gasteiger partial charge is 0.266 e. The summed E-state index contributed by atoms with van der Waals surface area (Å²) in [6.07, 6.45) is 6.29. The van der Waals surface area contributed by atoms with Gasteiger partial charge in [-0.05, 0) is 37.0 Å². The van der Waals surface area contributed by atoms with Crippen LogP contribution in [0.2, 0.25) is 0 Å². The Morgan fingerprint density at radius 1 is 1.33 bits per heavy atom. The molecule has 0 spiro atoms. The fraction of sp³-hybridized carbons (Fsp3) is 0.389. The average molecular weight is 341 g/mol. The number of aromatic nitrogens is 2. The molecular formula is C18H19N3O2S. The van der Waals surface area contributed by atoms with Crippen LogP contribution in [-0.2, 0) is 0 Å². The van der Waals surface area contributed by atoms with Crippen molar-refractivity contribution < 1.29 is 4.79 Å². The Morgan fingerprint density at radius 3 is 3.00 bits per heavy atom. The van der Waals surface area contributed by atoms with Gasteiger partial charge in [-0.2, -0.15) is 0 Å². The number of amides is 1. The molecule has 1 aliphatic rings. The Labute approximate surface area is 143 Å². The van der Waals surface area contributed by atoms with E-state index in [2.05, 4.69) is 17.2 Å². The van der Waals surface area contributed by atoms with Crippen molar-refractivity contribution in [1.29, 1.82) is 0 Å². The SMILES string of the molecule is C[C@H]1CCCC[C@@H]1NC(=O)c1cc2c(=O)n3ccccc3nc2s1. The van der Waals surface area contributed by atoms with Crippen LogP contribution in [0.4, 0.5) is 0 Å². The molecule has 2 atom stereocenters. The summed E-state index contributed by atoms with van der Waals surface area (Å²) in [7, 11) is 0. The predicted molar refractivity (Wildman–Crippen MR) is 95.7 cm³/mol. The topological polar surface area (TPSA) is 63.5 Å². The normalized spacial score (nSPS) is 21.2. The third kappa shape index (κ3) is 2.60. The Bertz CT molecular complexity index is 975. The number of fused-ring (bicyclic) bond motifs is 2. The third-order valence-corrected chi connectivity index (χ3v) is 5.90. The van der Waals surface area contributed by atoms with Gasteiger partial charge >= 0.3 is 0 Å². The van der Waals surface area contributed by atoms with Crippen molar-refractivity contribution in [3.8, 4) is 0 Å². The summed E-state index contributed by atoms with van der Waals surface area (Å²) in [5, 5.41) is 3.65. The maximum absolute atomic E-state index is 12.6. The number of carbonyl (C=O) groups is 1. The van der Waals surface area contributed by atoms with Crippen LogP contribution in [0, 0.1) is 5.92 Å². The van der Waals surface area contributed by atoms with Gasteiger partial charge in [-0.15, -0.1) is 11.3 Å². The van der Waals surface area contributed by atoms with Crippen molar-refractivity contribution in [1.82, 2.24) is 14.7 Å². The highest BCUT2D eigenvalue weighted by atomic mass is 32.1. The highest BCUT2D eigenvalue weighted by molar-refractivity contribution is 7.20. The van der Waals surface area contributed by atoms with Gasteiger partial charge in [-0.25, -0.2) is 4.98 Å². The molecule has 1 fully saturated rings. The number of nitrogens with one attached hydrogen (secondary N) is 1. The minimum absolute atomic E-state index is 0.0924. The van der Waals surface area contributed by atoms with Crippen LogP contribution in [0.15, 0.2) is 35.3 Å². The average Bonchev–Trinajstić information content (AvgIpc) is 3.02. The number of rotatable bonds is 2. The summed E-state index contributed by atoms with van der Waals surface area (Å²) in [6, 6.07) is 7.34. The molecule has 0 radical (unpaired) electrons. The van der Waals surface area contributed by atoms with Crippen LogP contribution >= 0.6 is 11.3 Å². The van der Waals surface area contributed by atoms with Crippen molar-refractivity contribution in [3.05, 3.63) is 45.7 Å². The molecule has 1 amide bonds. The first kappa shape index (κ1) is 15.3. The monoisotopic (exact) mass is 341 g/mol. The first-order chi connectivity index (χ1) is 11.6. The molecule has 1 aliphatic carbocycles. The zero-order chi connectivity index (χ0) is 16.7. The molecule has 124 valence electrons. The van der Waals surface area contributed by atoms with Gasteiger partial charge in [-0.3, -0.25) is 14.0 Å². The van der Waals surface area contributed by atoms with Gasteiger partial charge in [-0.1, -0.05) is 25.8 Å². The minimum Gasteiger partial charge on any atom is -0.348 e. The van der Waals surface area contributed by atoms with Crippen LogP contribution in [0.25, 0.3) is 15.9 Å². The molecule has 0 saturated heterocycles. The summed E-state index contributed by atoms with van der Waals surface area (Å²) >= 11 is 1.29. The zero-order valence-corrected chi connectivity index (χ0v) is 14.3. The van der Waals surface area contributed by atoms with Crippen LogP contribution in [0.3, 0.4) is 0 Å². The Morgan fingerprint density at radius 2 is 2.17 bits per heavy atom. The lowest BCUT2D eigenvalue weighted by molar-refractivity contribution is 0.0914. The second-order valence-corrected chi connectivity index (χ2v) is 7.55. The maximum Gasteiger partial charge on any atom is 0.266 e. The fourth-order valence-corrected chi connectivity index (χ4v) is 4.36. The molecule has 1 N–H and O–H groups in total. The number of hydrogen-bond acceptors (Lipinski definition) is 4. The molecule has 3 heterocycles. The van der Waals surface area contributed by atoms with E-state index in [0.29, 0.717) is 26.7 Å². The van der Waals surface area contributed by atoms with Crippen molar-refractivity contribution in [2.75, 3.05) is 0 Å². The lowest BCUT2D eigenvalue weighted by atomic mass is 9.86. The number of pyridine rings is 1. The van der Waals surface area contributed by atoms with E-state index in [9.17, 15) is 9.59 Å². The molecule has 4 rings (SSSR count). The van der Waals surface area contributed by atoms with Gasteiger partial charge in [0.1, 0.15) is 10.5 Å². The lowest BCUT2D eigenvalue weighted by Gasteiger charge is -2.29. The lowest BCUT2D eigenvalue weighted by Crippen LogP contribution is -2.40. The van der Waals surface area contributed by atoms with Crippen molar-refractivity contribution >= 4 is 33.1 Å². The van der Waals surface area contributed by atoms with E-state index in [1.165, 1.54) is 22.2 Å². The Balaban J connectivity index is 1.69. The largest absolute Gasteiger partial charge is 0.348 e. The molecule has 24 heavy (non-hydrogen) atoms. The third-order valence-electron chi connectivity index (χ3n) is 4.87. The van der Waals surface area contributed by atoms with Gasteiger partial charge in [0, 0.05) is 12.2 Å². The van der Waals surface area contributed by atoms with Crippen LogP contribution in [0.1, 0.15) is 42.3 Å². The number of carbonyl (C=O) groups excluding carboxylic acids is 1. The quantitative estimate of drug-likeness (QED) is 0.778. The Hall–Kier alpha value is -2.21. The first-order valence-corrected chi connectivity index (χ1v) is 9.17. The second kappa shape index (κ2) is 6.02. The summed E-state index contributed by atoms with van der Waals surface area (Å²) < 4.78 is 1.51. The summed E-state index contributed by atoms with van der Waals surface area (Å²) in [5.74, 6) is 0.411. The molecule has 3 aromatic rings. The standard InChI is InChI=1S/C18H19N3O2S/c1-11-6-2-3-7-13(11)19-16(22)14-10-12-17(24-14)20-15-8-4-5-9-21(15)18(12)23/h4-5,8-11,13H,2-3,6-7H2,1H3,(H,19,22)/t11-,13-/m0/s1. The second-order valence-electron chi connectivity index (χ2n) is 6.52. The van der Waals surface area contributed by atoms with E-state index in [1.54, 1.807) is 24.4 Å². The predicted octanol–water partition coefficient (Wildman–Crippen LogP) is 3.22. The number of hydrogen-bond donors (Lipinski definition) is 1. The van der Waals surface area contributed by atoms with E-state index in [1.807, 2.05) is 6.07 Å². The molecule has 0 bridgehead atoms. The van der Waals surface area contributed by atoms with Crippen LogP contribution in [-0.4, -0.2) is 21.3 Å². The highest BCUT2D eigenvalue weighted by Crippen LogP contribution is 2.26. The van der Waals surface area contributed by atoms with Gasteiger partial charge in [0.05, 0.1) is 10.3 Å². The molecule has 3 aromatic heterocycles. The fourth-order valence-electron chi connectivity index (χ4n) is 3.43. The van der Waals surface area contributed by atoms with Crippen LogP contribution in [0.5, 0.6) is 0 Å². The van der Waals surface area contributed by atoms with Gasteiger partial charge in [0.15, 0.2) is 0 Å². The minimum atomic E-state index is -0.128. The van der Waals surface area contributed by atoms with Crippen molar-refractivity contribution in [3.63, 3.8) is 0 Å². The van der Waals surface area contributed by atoms with Crippen molar-refractivity contribution in [2.24, 2.45) is 5.92 Å². The van der Waals surface area contributed by atoms with Crippen LogP contribution < -0.4 is 10.9 Å². The van der Waals surface area contributed by atoms with E-state index in [-0.39, 0.29) is 17.5 Å². The molecule has 1 saturated carbocycles. The highest BCUT2D eigenvalue weighted by Gasteiger charge is 2.24.